The minimum absolute atomic E-state index is 0.126. The summed E-state index contributed by atoms with van der Waals surface area (Å²) in [5.74, 6) is -122. The van der Waals surface area contributed by atoms with Crippen LogP contribution in [0.2, 0.25) is 0 Å². The lowest BCUT2D eigenvalue weighted by Crippen LogP contribution is -2.68. The number of halogens is 36. The molecule has 5 nitrogen and oxygen atoms in total. The first kappa shape index (κ1) is 68.6. The van der Waals surface area contributed by atoms with E-state index in [4.69, 9.17) is 0 Å². The summed E-state index contributed by atoms with van der Waals surface area (Å²) in [6.45, 7) is -6.00. The van der Waals surface area contributed by atoms with Crippen LogP contribution in [0.5, 0.6) is 17.2 Å². The molecule has 75 heavy (non-hydrogen) atoms. The first-order valence-electron chi connectivity index (χ1n) is 18.7. The highest BCUT2D eigenvalue weighted by Crippen LogP contribution is 2.62. The van der Waals surface area contributed by atoms with Gasteiger partial charge in [-0.15, -0.1) is 0 Å². The molecule has 442 valence electrons. The molecule has 1 aromatic carbocycles. The molecular formula is C34H24F36O5. The molecule has 0 aliphatic rings. The lowest BCUT2D eigenvalue weighted by atomic mass is 9.92. The Morgan fingerprint density at radius 2 is 0.573 bits per heavy atom. The number of ether oxygens (including phenoxy) is 3. The van der Waals surface area contributed by atoms with Gasteiger partial charge < -0.3 is 19.3 Å². The van der Waals surface area contributed by atoms with Crippen molar-refractivity contribution in [2.45, 2.75) is 147 Å². The number of alkyl halides is 36. The Morgan fingerprint density at radius 1 is 0.360 bits per heavy atom. The number of rotatable bonds is 31. The molecule has 0 aromatic heterocycles. The Balaban J connectivity index is 3.77. The SMILES string of the molecule is O=C(O)c1cc(OCCCC(F)(F)C(F)(F)C(F)(F)C(F)(F)C(F)(F)C(F)F)c(OCCCC(F)(F)C(F)(F)C(F)(F)C(F)(F)C(F)(F)C(F)F)c(OCCCC(F)(F)C(F)(F)C(F)(F)C(F)(F)C(F)(F)C(F)F)c1. The van der Waals surface area contributed by atoms with Crippen LogP contribution < -0.4 is 14.2 Å². The van der Waals surface area contributed by atoms with Gasteiger partial charge in [0.2, 0.25) is 5.75 Å². The van der Waals surface area contributed by atoms with Gasteiger partial charge >= 0.3 is 114 Å². The number of benzene rings is 1. The maximum absolute atomic E-state index is 14.4. The molecule has 0 aliphatic carbocycles. The van der Waals surface area contributed by atoms with Crippen molar-refractivity contribution in [2.75, 3.05) is 19.8 Å². The standard InChI is InChI=1S/C34H24F36O5/c35-17(36)23(47,48)29(59,60)32(65,66)26(53,54)20(41,42)4-1-7-73-13-10-12(16(71)72)11-14(74-8-2-5-21(43,44)27(55,56)33(67,68)30(61,62)24(49,50)18(37)38)15(13)75-9-3-6-22(45,46)28(57,58)34(69,70)31(63,64)25(51,52)19(39)40/h10-11,17-19H,1-9H2,(H,71,72). The van der Waals surface area contributed by atoms with Crippen LogP contribution in [0.4, 0.5) is 158 Å². The van der Waals surface area contributed by atoms with Crippen LogP contribution in [0.25, 0.3) is 0 Å². The molecule has 0 heterocycles. The van der Waals surface area contributed by atoms with E-state index >= 15 is 0 Å². The van der Waals surface area contributed by atoms with Gasteiger partial charge in [-0.1, -0.05) is 0 Å². The average Bonchev–Trinajstić information content (AvgIpc) is 3.24. The van der Waals surface area contributed by atoms with Crippen LogP contribution in [0.1, 0.15) is 48.9 Å². The van der Waals surface area contributed by atoms with E-state index in [1.54, 1.807) is 0 Å². The van der Waals surface area contributed by atoms with Crippen LogP contribution in [-0.4, -0.2) is 139 Å². The molecule has 0 saturated heterocycles. The van der Waals surface area contributed by atoms with Crippen LogP contribution in [0.3, 0.4) is 0 Å². The maximum Gasteiger partial charge on any atom is 0.384 e. The highest BCUT2D eigenvalue weighted by atomic mass is 19.4. The zero-order valence-corrected chi connectivity index (χ0v) is 34.9. The van der Waals surface area contributed by atoms with Gasteiger partial charge in [0.05, 0.1) is 25.4 Å². The van der Waals surface area contributed by atoms with Gasteiger partial charge in [0.15, 0.2) is 11.5 Å². The Hall–Kier alpha value is -4.43. The quantitative estimate of drug-likeness (QED) is 0.0593. The number of hydrogen-bond donors (Lipinski definition) is 1. The number of carboxylic acids is 1. The number of aromatic carboxylic acids is 1. The first-order chi connectivity index (χ1) is 32.9. The van der Waals surface area contributed by atoms with Crippen LogP contribution in [-0.2, 0) is 0 Å². The van der Waals surface area contributed by atoms with Crippen molar-refractivity contribution in [1.82, 2.24) is 0 Å². The van der Waals surface area contributed by atoms with E-state index in [0.717, 1.165) is 0 Å². The predicted octanol–water partition coefficient (Wildman–Crippen LogP) is 15.2. The lowest BCUT2D eigenvalue weighted by molar-refractivity contribution is -0.413. The van der Waals surface area contributed by atoms with E-state index in [1.165, 1.54) is 0 Å². The van der Waals surface area contributed by atoms with Gasteiger partial charge in [0, 0.05) is 19.3 Å². The third kappa shape index (κ3) is 11.6. The zero-order valence-electron chi connectivity index (χ0n) is 34.9. The Labute approximate surface area is 390 Å². The van der Waals surface area contributed by atoms with E-state index in [0.29, 0.717) is 0 Å². The Morgan fingerprint density at radius 3 is 0.773 bits per heavy atom. The summed E-state index contributed by atoms with van der Waals surface area (Å²) >= 11 is 0. The van der Waals surface area contributed by atoms with Crippen molar-refractivity contribution in [3.8, 4) is 17.2 Å². The number of carboxylic acid groups (broad SMARTS) is 1. The lowest BCUT2D eigenvalue weighted by Gasteiger charge is -2.39. The fraction of sp³-hybridized carbons (Fsp3) is 0.794. The zero-order chi connectivity index (χ0) is 60.0. The molecule has 0 fully saturated rings. The molecule has 1 rings (SSSR count). The van der Waals surface area contributed by atoms with E-state index in [2.05, 4.69) is 14.2 Å². The highest BCUT2D eigenvalue weighted by molar-refractivity contribution is 5.89. The van der Waals surface area contributed by atoms with Crippen molar-refractivity contribution in [3.05, 3.63) is 17.7 Å². The van der Waals surface area contributed by atoms with Gasteiger partial charge in [-0.05, 0) is 31.4 Å². The van der Waals surface area contributed by atoms with Gasteiger partial charge in [-0.3, -0.25) is 0 Å². The van der Waals surface area contributed by atoms with E-state index in [9.17, 15) is 168 Å². The van der Waals surface area contributed by atoms with Crippen molar-refractivity contribution in [2.24, 2.45) is 0 Å². The molecule has 0 atom stereocenters. The maximum atomic E-state index is 14.4. The molecule has 1 aromatic rings. The second kappa shape index (κ2) is 21.4. The van der Waals surface area contributed by atoms with Gasteiger partial charge in [-0.2, -0.15) is 132 Å². The fourth-order valence-electron chi connectivity index (χ4n) is 5.27. The molecule has 0 amide bonds. The average molecular weight is 1200 g/mol. The molecule has 0 unspecified atom stereocenters. The summed E-state index contributed by atoms with van der Waals surface area (Å²) in [4.78, 5) is 11.7. The largest absolute Gasteiger partial charge is 0.490 e. The monoisotopic (exact) mass is 1200 g/mol. The van der Waals surface area contributed by atoms with Gasteiger partial charge in [0.25, 0.3) is 0 Å². The fourth-order valence-corrected chi connectivity index (χ4v) is 5.27. The first-order valence-corrected chi connectivity index (χ1v) is 18.7. The molecule has 0 spiro atoms. The molecule has 0 radical (unpaired) electrons. The predicted molar refractivity (Wildman–Crippen MR) is 170 cm³/mol. The summed E-state index contributed by atoms with van der Waals surface area (Å²) in [5, 5.41) is 9.37. The van der Waals surface area contributed by atoms with Crippen LogP contribution in [0, 0.1) is 0 Å². The minimum atomic E-state index is -8.14. The molecule has 41 heteroatoms. The molecule has 0 bridgehead atoms. The Bertz CT molecular complexity index is 1990. The van der Waals surface area contributed by atoms with E-state index < -0.39 is 195 Å². The topological polar surface area (TPSA) is 65.0 Å². The van der Waals surface area contributed by atoms with Crippen molar-refractivity contribution < 1.29 is 182 Å². The third-order valence-electron chi connectivity index (χ3n) is 9.76. The number of carbonyl (C=O) groups is 1. The van der Waals surface area contributed by atoms with E-state index in [-0.39, 0.29) is 12.1 Å². The van der Waals surface area contributed by atoms with E-state index in [1.807, 2.05) is 0 Å². The molecule has 1 N–H and O–H groups in total. The van der Waals surface area contributed by atoms with Crippen molar-refractivity contribution in [1.29, 1.82) is 0 Å². The summed E-state index contributed by atoms with van der Waals surface area (Å²) in [6.07, 6.45) is -33.4. The summed E-state index contributed by atoms with van der Waals surface area (Å²) in [7, 11) is 0. The number of hydrogen-bond acceptors (Lipinski definition) is 4. The normalized spacial score (nSPS) is 15.3. The minimum Gasteiger partial charge on any atom is -0.490 e. The highest BCUT2D eigenvalue weighted by Gasteiger charge is 2.90. The van der Waals surface area contributed by atoms with Crippen LogP contribution >= 0.6 is 0 Å². The Kier molecular flexibility index (Phi) is 19.6. The van der Waals surface area contributed by atoms with Gasteiger partial charge in [0.1, 0.15) is 0 Å². The molecule has 0 aliphatic heterocycles. The molecular weight excluding hydrogens is 1170 g/mol. The molecule has 0 saturated carbocycles. The van der Waals surface area contributed by atoms with Crippen LogP contribution in [0.15, 0.2) is 12.1 Å². The van der Waals surface area contributed by atoms with Gasteiger partial charge in [-0.25, -0.2) is 31.1 Å². The summed E-state index contributed by atoms with van der Waals surface area (Å²) < 4.78 is 502. The van der Waals surface area contributed by atoms with Crippen molar-refractivity contribution in [3.63, 3.8) is 0 Å². The summed E-state index contributed by atoms with van der Waals surface area (Å²) in [6, 6.07) is -0.252. The second-order valence-electron chi connectivity index (χ2n) is 15.0. The third-order valence-corrected chi connectivity index (χ3v) is 9.76. The summed E-state index contributed by atoms with van der Waals surface area (Å²) in [5.41, 5.74) is -1.51. The smallest absolute Gasteiger partial charge is 0.384 e. The second-order valence-corrected chi connectivity index (χ2v) is 15.0. The van der Waals surface area contributed by atoms with Crippen molar-refractivity contribution >= 4 is 5.97 Å².